The van der Waals surface area contributed by atoms with E-state index in [2.05, 4.69) is 0 Å². The van der Waals surface area contributed by atoms with E-state index in [1.165, 1.54) is 7.05 Å². The van der Waals surface area contributed by atoms with Gasteiger partial charge in [0.15, 0.2) is 0 Å². The number of amides is 1. The summed E-state index contributed by atoms with van der Waals surface area (Å²) < 4.78 is 0. The van der Waals surface area contributed by atoms with Crippen molar-refractivity contribution < 1.29 is 14.4 Å². The van der Waals surface area contributed by atoms with Gasteiger partial charge in [0.2, 0.25) is 0 Å². The summed E-state index contributed by atoms with van der Waals surface area (Å²) in [5, 5.41) is 0.972. The Morgan fingerprint density at radius 2 is 1.82 bits per heavy atom. The van der Waals surface area contributed by atoms with Crippen molar-refractivity contribution in [3.05, 3.63) is 35.9 Å². The van der Waals surface area contributed by atoms with Gasteiger partial charge < -0.3 is 4.84 Å². The molecule has 0 N–H and O–H groups in total. The van der Waals surface area contributed by atoms with E-state index in [9.17, 15) is 9.59 Å². The monoisotopic (exact) mass is 235 g/mol. The fraction of sp³-hybridized carbons (Fsp3) is 0.385. The van der Waals surface area contributed by atoms with Crippen molar-refractivity contribution in [2.45, 2.75) is 20.3 Å². The number of nitrogens with zero attached hydrogens (tertiary/aromatic N) is 1. The average Bonchev–Trinajstić information content (AvgIpc) is 2.28. The Morgan fingerprint density at radius 3 is 2.35 bits per heavy atom. The van der Waals surface area contributed by atoms with Crippen LogP contribution in [0, 0.1) is 5.92 Å². The maximum absolute atomic E-state index is 11.8. The van der Waals surface area contributed by atoms with Crippen molar-refractivity contribution in [1.82, 2.24) is 5.06 Å². The standard InChI is InChI=1S/C13H17NO3/c1-10(2)9-12(15)17-14(3)13(16)11-7-5-4-6-8-11/h4-8,10H,9H2,1-3H3. The summed E-state index contributed by atoms with van der Waals surface area (Å²) in [7, 11) is 1.44. The molecule has 0 heterocycles. The quantitative estimate of drug-likeness (QED) is 0.755. The van der Waals surface area contributed by atoms with Gasteiger partial charge in [-0.2, -0.15) is 5.06 Å². The fourth-order valence-electron chi connectivity index (χ4n) is 1.33. The molecular formula is C13H17NO3. The Bertz CT molecular complexity index is 387. The van der Waals surface area contributed by atoms with E-state index in [-0.39, 0.29) is 11.8 Å². The molecule has 0 aliphatic heterocycles. The lowest BCUT2D eigenvalue weighted by Gasteiger charge is -2.16. The zero-order chi connectivity index (χ0) is 12.8. The summed E-state index contributed by atoms with van der Waals surface area (Å²) in [5.41, 5.74) is 0.493. The number of hydroxylamine groups is 2. The third-order valence-corrected chi connectivity index (χ3v) is 2.12. The highest BCUT2D eigenvalue weighted by atomic mass is 16.7. The maximum atomic E-state index is 11.8. The third kappa shape index (κ3) is 4.26. The molecule has 0 radical (unpaired) electrons. The van der Waals surface area contributed by atoms with Crippen molar-refractivity contribution in [2.75, 3.05) is 7.05 Å². The van der Waals surface area contributed by atoms with E-state index in [1.807, 2.05) is 19.9 Å². The van der Waals surface area contributed by atoms with Crippen LogP contribution in [0.25, 0.3) is 0 Å². The van der Waals surface area contributed by atoms with Crippen LogP contribution < -0.4 is 0 Å². The largest absolute Gasteiger partial charge is 0.338 e. The molecular weight excluding hydrogens is 218 g/mol. The first-order valence-electron chi connectivity index (χ1n) is 5.54. The Hall–Kier alpha value is -1.84. The molecule has 0 atom stereocenters. The predicted octanol–water partition coefficient (Wildman–Crippen LogP) is 2.26. The molecule has 1 aromatic carbocycles. The number of hydrogen-bond acceptors (Lipinski definition) is 3. The second-order valence-corrected chi connectivity index (χ2v) is 4.23. The van der Waals surface area contributed by atoms with Gasteiger partial charge in [-0.25, -0.2) is 4.79 Å². The molecule has 0 aliphatic rings. The van der Waals surface area contributed by atoms with E-state index in [0.717, 1.165) is 5.06 Å². The average molecular weight is 235 g/mol. The van der Waals surface area contributed by atoms with Crippen molar-refractivity contribution in [3.63, 3.8) is 0 Å². The van der Waals surface area contributed by atoms with Crippen LogP contribution in [-0.2, 0) is 9.63 Å². The maximum Gasteiger partial charge on any atom is 0.332 e. The predicted molar refractivity (Wildman–Crippen MR) is 64.1 cm³/mol. The van der Waals surface area contributed by atoms with E-state index in [4.69, 9.17) is 4.84 Å². The van der Waals surface area contributed by atoms with Crippen LogP contribution in [0.5, 0.6) is 0 Å². The zero-order valence-corrected chi connectivity index (χ0v) is 10.3. The Morgan fingerprint density at radius 1 is 1.24 bits per heavy atom. The first-order chi connectivity index (χ1) is 8.00. The van der Waals surface area contributed by atoms with Gasteiger partial charge in [0, 0.05) is 12.6 Å². The molecule has 0 saturated carbocycles. The Kier molecular flexibility index (Phi) is 4.69. The third-order valence-electron chi connectivity index (χ3n) is 2.12. The number of hydrogen-bond donors (Lipinski definition) is 0. The van der Waals surface area contributed by atoms with Crippen molar-refractivity contribution >= 4 is 11.9 Å². The molecule has 92 valence electrons. The number of carbonyl (C=O) groups excluding carboxylic acids is 2. The number of rotatable bonds is 3. The molecule has 4 nitrogen and oxygen atoms in total. The molecule has 1 rings (SSSR count). The lowest BCUT2D eigenvalue weighted by molar-refractivity contribution is -0.174. The molecule has 0 saturated heterocycles. The molecule has 0 unspecified atom stereocenters. The van der Waals surface area contributed by atoms with Crippen LogP contribution in [0.1, 0.15) is 30.6 Å². The zero-order valence-electron chi connectivity index (χ0n) is 10.3. The fourth-order valence-corrected chi connectivity index (χ4v) is 1.33. The molecule has 17 heavy (non-hydrogen) atoms. The highest BCUT2D eigenvalue weighted by Crippen LogP contribution is 2.06. The molecule has 0 bridgehead atoms. The molecule has 1 amide bonds. The topological polar surface area (TPSA) is 46.6 Å². The summed E-state index contributed by atoms with van der Waals surface area (Å²) in [6.45, 7) is 3.83. The highest BCUT2D eigenvalue weighted by molar-refractivity contribution is 5.93. The van der Waals surface area contributed by atoms with E-state index in [0.29, 0.717) is 12.0 Å². The first-order valence-corrected chi connectivity index (χ1v) is 5.54. The van der Waals surface area contributed by atoms with Crippen LogP contribution >= 0.6 is 0 Å². The van der Waals surface area contributed by atoms with Crippen molar-refractivity contribution in [1.29, 1.82) is 0 Å². The van der Waals surface area contributed by atoms with Crippen molar-refractivity contribution in [3.8, 4) is 0 Å². The minimum absolute atomic E-state index is 0.211. The summed E-state index contributed by atoms with van der Waals surface area (Å²) in [4.78, 5) is 28.1. The highest BCUT2D eigenvalue weighted by Gasteiger charge is 2.16. The van der Waals surface area contributed by atoms with Crippen molar-refractivity contribution in [2.24, 2.45) is 5.92 Å². The summed E-state index contributed by atoms with van der Waals surface area (Å²) in [6.07, 6.45) is 0.298. The van der Waals surface area contributed by atoms with Crippen LogP contribution in [0.3, 0.4) is 0 Å². The van der Waals surface area contributed by atoms with E-state index in [1.54, 1.807) is 24.3 Å². The number of carbonyl (C=O) groups is 2. The van der Waals surface area contributed by atoms with Gasteiger partial charge in [0.25, 0.3) is 5.91 Å². The van der Waals surface area contributed by atoms with Gasteiger partial charge >= 0.3 is 5.97 Å². The Labute approximate surface area is 101 Å². The second kappa shape index (κ2) is 6.03. The first kappa shape index (κ1) is 13.2. The van der Waals surface area contributed by atoms with Crippen LogP contribution in [-0.4, -0.2) is 24.0 Å². The second-order valence-electron chi connectivity index (χ2n) is 4.23. The molecule has 4 heteroatoms. The molecule has 1 aromatic rings. The Balaban J connectivity index is 2.56. The molecule has 0 aliphatic carbocycles. The molecule has 0 spiro atoms. The lowest BCUT2D eigenvalue weighted by atomic mass is 10.1. The van der Waals surface area contributed by atoms with E-state index >= 15 is 0 Å². The molecule has 0 aromatic heterocycles. The van der Waals surface area contributed by atoms with Gasteiger partial charge in [-0.3, -0.25) is 4.79 Å². The van der Waals surface area contributed by atoms with Gasteiger partial charge in [0.05, 0.1) is 6.42 Å². The van der Waals surface area contributed by atoms with Gasteiger partial charge in [-0.1, -0.05) is 32.0 Å². The van der Waals surface area contributed by atoms with Crippen LogP contribution in [0.2, 0.25) is 0 Å². The minimum Gasteiger partial charge on any atom is -0.338 e. The summed E-state index contributed by atoms with van der Waals surface area (Å²) in [6, 6.07) is 8.69. The minimum atomic E-state index is -0.396. The lowest BCUT2D eigenvalue weighted by Crippen LogP contribution is -2.30. The SMILES string of the molecule is CC(C)CC(=O)ON(C)C(=O)c1ccccc1. The van der Waals surface area contributed by atoms with E-state index < -0.39 is 5.97 Å². The smallest absolute Gasteiger partial charge is 0.332 e. The van der Waals surface area contributed by atoms with Crippen LogP contribution in [0.4, 0.5) is 0 Å². The summed E-state index contributed by atoms with van der Waals surface area (Å²) >= 11 is 0. The van der Waals surface area contributed by atoms with Gasteiger partial charge in [-0.05, 0) is 18.1 Å². The summed E-state index contributed by atoms with van der Waals surface area (Å²) in [5.74, 6) is -0.516. The van der Waals surface area contributed by atoms with Gasteiger partial charge in [0.1, 0.15) is 0 Å². The molecule has 0 fully saturated rings. The van der Waals surface area contributed by atoms with Crippen LogP contribution in [0.15, 0.2) is 30.3 Å². The van der Waals surface area contributed by atoms with Gasteiger partial charge in [-0.15, -0.1) is 0 Å². The normalized spacial score (nSPS) is 10.1. The number of benzene rings is 1.